The molecule has 1 aromatic rings. The van der Waals surface area contributed by atoms with E-state index in [4.69, 9.17) is 5.11 Å². The maximum atomic E-state index is 10.9. The standard InChI is InChI=1S/C16H24N2O2/c1-17-11-5-8-15(9-12-17)18(13-10-16(19)20)14-6-3-2-4-7-14/h2-4,6-7,15H,5,8-13H2,1H3,(H,19,20). The van der Waals surface area contributed by atoms with Crippen molar-refractivity contribution in [1.82, 2.24) is 4.90 Å². The van der Waals surface area contributed by atoms with Crippen LogP contribution in [0.25, 0.3) is 0 Å². The van der Waals surface area contributed by atoms with E-state index in [1.807, 2.05) is 18.2 Å². The lowest BCUT2D eigenvalue weighted by Gasteiger charge is -2.33. The maximum absolute atomic E-state index is 10.9. The minimum atomic E-state index is -0.725. The van der Waals surface area contributed by atoms with Gasteiger partial charge in [-0.3, -0.25) is 4.79 Å². The summed E-state index contributed by atoms with van der Waals surface area (Å²) in [5.41, 5.74) is 1.14. The van der Waals surface area contributed by atoms with Crippen molar-refractivity contribution in [3.05, 3.63) is 30.3 Å². The van der Waals surface area contributed by atoms with Gasteiger partial charge in [-0.1, -0.05) is 18.2 Å². The Morgan fingerprint density at radius 3 is 2.75 bits per heavy atom. The normalized spacial score (nSPS) is 20.4. The molecule has 0 aromatic heterocycles. The van der Waals surface area contributed by atoms with Crippen LogP contribution in [0.15, 0.2) is 30.3 Å². The highest BCUT2D eigenvalue weighted by Crippen LogP contribution is 2.23. The Kier molecular flexibility index (Phi) is 5.41. The second-order valence-corrected chi connectivity index (χ2v) is 5.56. The third-order valence-electron chi connectivity index (χ3n) is 4.02. The first-order valence-electron chi connectivity index (χ1n) is 7.39. The predicted octanol–water partition coefficient (Wildman–Crippen LogP) is 2.45. The topological polar surface area (TPSA) is 43.8 Å². The van der Waals surface area contributed by atoms with E-state index in [0.717, 1.165) is 31.6 Å². The first kappa shape index (κ1) is 14.9. The average Bonchev–Trinajstić information content (AvgIpc) is 2.65. The van der Waals surface area contributed by atoms with Gasteiger partial charge in [0.05, 0.1) is 6.42 Å². The molecule has 20 heavy (non-hydrogen) atoms. The molecule has 0 spiro atoms. The number of likely N-dealkylation sites (tertiary alicyclic amines) is 1. The molecule has 1 fully saturated rings. The molecule has 1 atom stereocenters. The Morgan fingerprint density at radius 2 is 2.05 bits per heavy atom. The number of rotatable bonds is 5. The number of hydrogen-bond donors (Lipinski definition) is 1. The van der Waals surface area contributed by atoms with Crippen LogP contribution in [0.1, 0.15) is 25.7 Å². The van der Waals surface area contributed by atoms with Gasteiger partial charge in [0, 0.05) is 18.3 Å². The fourth-order valence-electron chi connectivity index (χ4n) is 2.89. The fourth-order valence-corrected chi connectivity index (χ4v) is 2.89. The van der Waals surface area contributed by atoms with Crippen LogP contribution < -0.4 is 4.90 Å². The van der Waals surface area contributed by atoms with E-state index in [1.54, 1.807) is 0 Å². The van der Waals surface area contributed by atoms with Crippen LogP contribution >= 0.6 is 0 Å². The summed E-state index contributed by atoms with van der Waals surface area (Å²) in [7, 11) is 2.16. The van der Waals surface area contributed by atoms with Gasteiger partial charge in [-0.15, -0.1) is 0 Å². The van der Waals surface area contributed by atoms with Crippen LogP contribution in [-0.2, 0) is 4.79 Å². The van der Waals surface area contributed by atoms with Crippen molar-refractivity contribution in [3.63, 3.8) is 0 Å². The largest absolute Gasteiger partial charge is 0.481 e. The predicted molar refractivity (Wildman–Crippen MR) is 81.2 cm³/mol. The van der Waals surface area contributed by atoms with Gasteiger partial charge < -0.3 is 14.9 Å². The molecule has 0 aliphatic carbocycles. The summed E-state index contributed by atoms with van der Waals surface area (Å²) >= 11 is 0. The summed E-state index contributed by atoms with van der Waals surface area (Å²) in [5, 5.41) is 8.97. The average molecular weight is 276 g/mol. The van der Waals surface area contributed by atoms with E-state index in [9.17, 15) is 4.79 Å². The van der Waals surface area contributed by atoms with Crippen LogP contribution in [0, 0.1) is 0 Å². The second-order valence-electron chi connectivity index (χ2n) is 5.56. The molecular weight excluding hydrogens is 252 g/mol. The summed E-state index contributed by atoms with van der Waals surface area (Å²) < 4.78 is 0. The van der Waals surface area contributed by atoms with Crippen LogP contribution in [0.4, 0.5) is 5.69 Å². The summed E-state index contributed by atoms with van der Waals surface area (Å²) in [4.78, 5) is 15.5. The third-order valence-corrected chi connectivity index (χ3v) is 4.02. The molecule has 1 unspecified atom stereocenters. The van der Waals surface area contributed by atoms with E-state index < -0.39 is 5.97 Å². The highest BCUT2D eigenvalue weighted by molar-refractivity contribution is 5.67. The Hall–Kier alpha value is -1.55. The monoisotopic (exact) mass is 276 g/mol. The summed E-state index contributed by atoms with van der Waals surface area (Å²) in [6, 6.07) is 10.6. The van der Waals surface area contributed by atoms with E-state index >= 15 is 0 Å². The quantitative estimate of drug-likeness (QED) is 0.897. The molecule has 1 saturated heterocycles. The van der Waals surface area contributed by atoms with E-state index in [1.165, 1.54) is 6.42 Å². The molecule has 110 valence electrons. The number of para-hydroxylation sites is 1. The van der Waals surface area contributed by atoms with Crippen molar-refractivity contribution in [1.29, 1.82) is 0 Å². The molecule has 1 N–H and O–H groups in total. The smallest absolute Gasteiger partial charge is 0.305 e. The molecule has 1 aliphatic rings. The van der Waals surface area contributed by atoms with Crippen molar-refractivity contribution < 1.29 is 9.90 Å². The van der Waals surface area contributed by atoms with Crippen molar-refractivity contribution in [3.8, 4) is 0 Å². The van der Waals surface area contributed by atoms with E-state index in [-0.39, 0.29) is 6.42 Å². The third kappa shape index (κ3) is 4.23. The van der Waals surface area contributed by atoms with Crippen molar-refractivity contribution >= 4 is 11.7 Å². The number of benzene rings is 1. The van der Waals surface area contributed by atoms with Gasteiger partial charge in [0.1, 0.15) is 0 Å². The van der Waals surface area contributed by atoms with Gasteiger partial charge in [0.15, 0.2) is 0 Å². The van der Waals surface area contributed by atoms with Gasteiger partial charge in [-0.25, -0.2) is 0 Å². The molecule has 4 nitrogen and oxygen atoms in total. The van der Waals surface area contributed by atoms with Crippen LogP contribution in [0.5, 0.6) is 0 Å². The highest BCUT2D eigenvalue weighted by atomic mass is 16.4. The first-order valence-corrected chi connectivity index (χ1v) is 7.39. The van der Waals surface area contributed by atoms with Gasteiger partial charge in [-0.05, 0) is 51.5 Å². The number of carboxylic acid groups (broad SMARTS) is 1. The van der Waals surface area contributed by atoms with Crippen LogP contribution in [0.2, 0.25) is 0 Å². The van der Waals surface area contributed by atoms with Gasteiger partial charge in [0.2, 0.25) is 0 Å². The molecule has 0 radical (unpaired) electrons. The van der Waals surface area contributed by atoms with Gasteiger partial charge in [-0.2, -0.15) is 0 Å². The molecule has 0 bridgehead atoms. The maximum Gasteiger partial charge on any atom is 0.305 e. The fraction of sp³-hybridized carbons (Fsp3) is 0.562. The minimum absolute atomic E-state index is 0.196. The molecule has 2 rings (SSSR count). The summed E-state index contributed by atoms with van der Waals surface area (Å²) in [6.07, 6.45) is 3.61. The number of carboxylic acids is 1. The zero-order chi connectivity index (χ0) is 14.4. The van der Waals surface area contributed by atoms with Crippen molar-refractivity contribution in [2.75, 3.05) is 31.6 Å². The highest BCUT2D eigenvalue weighted by Gasteiger charge is 2.22. The summed E-state index contributed by atoms with van der Waals surface area (Å²) in [5.74, 6) is -0.725. The Morgan fingerprint density at radius 1 is 1.30 bits per heavy atom. The van der Waals surface area contributed by atoms with E-state index in [2.05, 4.69) is 29.0 Å². The zero-order valence-electron chi connectivity index (χ0n) is 12.2. The molecular formula is C16H24N2O2. The molecule has 1 aliphatic heterocycles. The van der Waals surface area contributed by atoms with Crippen LogP contribution in [-0.4, -0.2) is 48.7 Å². The number of aliphatic carboxylic acids is 1. The number of carbonyl (C=O) groups is 1. The van der Waals surface area contributed by atoms with Crippen LogP contribution in [0.3, 0.4) is 0 Å². The minimum Gasteiger partial charge on any atom is -0.481 e. The van der Waals surface area contributed by atoms with E-state index in [0.29, 0.717) is 12.6 Å². The Bertz CT molecular complexity index is 422. The SMILES string of the molecule is CN1CCCC(N(CCC(=O)O)c2ccccc2)CC1. The molecule has 1 heterocycles. The van der Waals surface area contributed by atoms with Gasteiger partial charge in [0.25, 0.3) is 0 Å². The zero-order valence-corrected chi connectivity index (χ0v) is 12.2. The molecule has 4 heteroatoms. The lowest BCUT2D eigenvalue weighted by Crippen LogP contribution is -2.37. The lowest BCUT2D eigenvalue weighted by atomic mass is 10.1. The molecule has 1 aromatic carbocycles. The second kappa shape index (κ2) is 7.29. The first-order chi connectivity index (χ1) is 9.66. The lowest BCUT2D eigenvalue weighted by molar-refractivity contribution is -0.136. The van der Waals surface area contributed by atoms with Crippen molar-refractivity contribution in [2.24, 2.45) is 0 Å². The number of hydrogen-bond acceptors (Lipinski definition) is 3. The Labute approximate surface area is 121 Å². The Balaban J connectivity index is 2.10. The number of nitrogens with zero attached hydrogens (tertiary/aromatic N) is 2. The van der Waals surface area contributed by atoms with Gasteiger partial charge >= 0.3 is 5.97 Å². The molecule has 0 saturated carbocycles. The molecule has 0 amide bonds. The summed E-state index contributed by atoms with van der Waals surface area (Å²) in [6.45, 7) is 2.81. The van der Waals surface area contributed by atoms with Crippen molar-refractivity contribution in [2.45, 2.75) is 31.7 Å². The number of anilines is 1.